The predicted molar refractivity (Wildman–Crippen MR) is 51.7 cm³/mol. The number of nitrogens with two attached hydrogens (primary N) is 1. The summed E-state index contributed by atoms with van der Waals surface area (Å²) in [6.45, 7) is 3.85. The predicted octanol–water partition coefficient (Wildman–Crippen LogP) is -0.998. The monoisotopic (exact) mass is 208 g/mol. The third kappa shape index (κ3) is 5.56. The molecule has 0 saturated carbocycles. The average Bonchev–Trinajstić information content (AvgIpc) is 2.00. The van der Waals surface area contributed by atoms with E-state index in [9.17, 15) is 8.42 Å². The van der Waals surface area contributed by atoms with Crippen molar-refractivity contribution in [1.82, 2.24) is 9.44 Å². The lowest BCUT2D eigenvalue weighted by molar-refractivity contribution is 0.562. The molecule has 0 rings (SSSR count). The van der Waals surface area contributed by atoms with E-state index in [1.54, 1.807) is 13.8 Å². The maximum absolute atomic E-state index is 11.0. The van der Waals surface area contributed by atoms with Crippen LogP contribution in [0.25, 0.3) is 0 Å². The van der Waals surface area contributed by atoms with E-state index in [4.69, 9.17) is 11.1 Å². The molecular formula is C6H16N4O2S. The van der Waals surface area contributed by atoms with Gasteiger partial charge in [-0.3, -0.25) is 5.41 Å². The minimum Gasteiger partial charge on any atom is -0.387 e. The first kappa shape index (κ1) is 12.3. The summed E-state index contributed by atoms with van der Waals surface area (Å²) >= 11 is 0. The maximum atomic E-state index is 11.0. The third-order valence-corrected chi connectivity index (χ3v) is 2.66. The lowest BCUT2D eigenvalue weighted by Gasteiger charge is -2.10. The molecule has 0 aliphatic carbocycles. The van der Waals surface area contributed by atoms with E-state index in [1.807, 2.05) is 0 Å². The highest BCUT2D eigenvalue weighted by atomic mass is 32.2. The molecule has 0 aliphatic heterocycles. The van der Waals surface area contributed by atoms with Crippen LogP contribution in [0.1, 0.15) is 13.8 Å². The van der Waals surface area contributed by atoms with Gasteiger partial charge in [0, 0.05) is 19.0 Å². The van der Waals surface area contributed by atoms with Gasteiger partial charge in [0.15, 0.2) is 0 Å². The lowest BCUT2D eigenvalue weighted by atomic mass is 10.2. The van der Waals surface area contributed by atoms with Crippen LogP contribution in [-0.4, -0.2) is 27.3 Å². The van der Waals surface area contributed by atoms with Crippen LogP contribution < -0.4 is 15.2 Å². The fraction of sp³-hybridized carbons (Fsp3) is 0.833. The molecule has 0 saturated heterocycles. The van der Waals surface area contributed by atoms with Crippen molar-refractivity contribution in [3.63, 3.8) is 0 Å². The van der Waals surface area contributed by atoms with Crippen molar-refractivity contribution >= 4 is 16.0 Å². The summed E-state index contributed by atoms with van der Waals surface area (Å²) in [6, 6.07) is 0. The summed E-state index contributed by atoms with van der Waals surface area (Å²) in [5.41, 5.74) is 5.17. The van der Waals surface area contributed by atoms with Crippen molar-refractivity contribution in [3.05, 3.63) is 0 Å². The van der Waals surface area contributed by atoms with Crippen LogP contribution in [0.2, 0.25) is 0 Å². The first-order valence-corrected chi connectivity index (χ1v) is 5.45. The van der Waals surface area contributed by atoms with E-state index in [-0.39, 0.29) is 18.3 Å². The number of hydrogen-bond donors (Lipinski definition) is 4. The normalized spacial score (nSPS) is 14.0. The Balaban J connectivity index is 3.95. The van der Waals surface area contributed by atoms with E-state index in [1.165, 1.54) is 0 Å². The van der Waals surface area contributed by atoms with E-state index < -0.39 is 10.2 Å². The van der Waals surface area contributed by atoms with Gasteiger partial charge in [0.25, 0.3) is 10.2 Å². The molecule has 0 aromatic rings. The van der Waals surface area contributed by atoms with Gasteiger partial charge in [0.1, 0.15) is 0 Å². The molecule has 0 aromatic heterocycles. The minimum atomic E-state index is -3.41. The van der Waals surface area contributed by atoms with Crippen LogP contribution in [-0.2, 0) is 10.2 Å². The van der Waals surface area contributed by atoms with Crippen LogP contribution in [0.4, 0.5) is 0 Å². The molecule has 5 N–H and O–H groups in total. The van der Waals surface area contributed by atoms with E-state index in [0.717, 1.165) is 0 Å². The van der Waals surface area contributed by atoms with Crippen LogP contribution in [0, 0.1) is 11.3 Å². The Labute approximate surface area is 78.6 Å². The third-order valence-electron chi connectivity index (χ3n) is 1.44. The van der Waals surface area contributed by atoms with Gasteiger partial charge in [0.2, 0.25) is 0 Å². The number of nitrogens with one attached hydrogen (secondary N) is 3. The second kappa shape index (κ2) is 5.15. The van der Waals surface area contributed by atoms with Crippen molar-refractivity contribution < 1.29 is 8.42 Å². The molecule has 1 atom stereocenters. The maximum Gasteiger partial charge on any atom is 0.276 e. The summed E-state index contributed by atoms with van der Waals surface area (Å²) in [5.74, 6) is -0.312. The second-order valence-electron chi connectivity index (χ2n) is 2.71. The Bertz CT molecular complexity index is 262. The topological polar surface area (TPSA) is 108 Å². The molecule has 0 bridgehead atoms. The Morgan fingerprint density at radius 2 is 2.08 bits per heavy atom. The van der Waals surface area contributed by atoms with Gasteiger partial charge < -0.3 is 5.73 Å². The number of hydrogen-bond acceptors (Lipinski definition) is 3. The lowest BCUT2D eigenvalue weighted by Crippen LogP contribution is -2.40. The highest BCUT2D eigenvalue weighted by Gasteiger charge is 2.11. The van der Waals surface area contributed by atoms with E-state index in [2.05, 4.69) is 9.44 Å². The van der Waals surface area contributed by atoms with E-state index >= 15 is 0 Å². The van der Waals surface area contributed by atoms with Crippen molar-refractivity contribution in [2.45, 2.75) is 13.8 Å². The molecule has 13 heavy (non-hydrogen) atoms. The Kier molecular flexibility index (Phi) is 4.89. The van der Waals surface area contributed by atoms with Crippen LogP contribution in [0.15, 0.2) is 0 Å². The summed E-state index contributed by atoms with van der Waals surface area (Å²) in [5, 5.41) is 7.03. The molecule has 0 heterocycles. The van der Waals surface area contributed by atoms with Gasteiger partial charge in [-0.25, -0.2) is 9.44 Å². The molecule has 1 unspecified atom stereocenters. The van der Waals surface area contributed by atoms with Crippen molar-refractivity contribution in [1.29, 1.82) is 5.41 Å². The fourth-order valence-electron chi connectivity index (χ4n) is 0.586. The largest absolute Gasteiger partial charge is 0.387 e. The molecule has 0 spiro atoms. The first-order valence-electron chi connectivity index (χ1n) is 3.97. The van der Waals surface area contributed by atoms with Crippen molar-refractivity contribution in [2.75, 3.05) is 13.1 Å². The molecular weight excluding hydrogens is 192 g/mol. The van der Waals surface area contributed by atoms with E-state index in [0.29, 0.717) is 6.54 Å². The molecule has 7 heteroatoms. The zero-order valence-electron chi connectivity index (χ0n) is 7.79. The molecule has 0 aliphatic rings. The van der Waals surface area contributed by atoms with Gasteiger partial charge in [-0.05, 0) is 0 Å². The standard InChI is InChI=1S/C6H16N4O2S/c1-3-9-13(11,12)10-4-5(2)6(7)8/h5,9-10H,3-4H2,1-2H3,(H3,7,8). The summed E-state index contributed by atoms with van der Waals surface area (Å²) in [7, 11) is -3.41. The number of amidine groups is 1. The average molecular weight is 208 g/mol. The highest BCUT2D eigenvalue weighted by Crippen LogP contribution is 1.90. The minimum absolute atomic E-state index is 0.0285. The summed E-state index contributed by atoms with van der Waals surface area (Å²) in [4.78, 5) is 0. The first-order chi connectivity index (χ1) is 5.89. The van der Waals surface area contributed by atoms with Crippen molar-refractivity contribution in [2.24, 2.45) is 11.7 Å². The Morgan fingerprint density at radius 1 is 1.54 bits per heavy atom. The molecule has 0 aromatic carbocycles. The molecule has 0 radical (unpaired) electrons. The van der Waals surface area contributed by atoms with Gasteiger partial charge in [0.05, 0.1) is 5.84 Å². The van der Waals surface area contributed by atoms with Crippen LogP contribution >= 0.6 is 0 Å². The fourth-order valence-corrected chi connectivity index (χ4v) is 1.54. The van der Waals surface area contributed by atoms with Crippen LogP contribution in [0.5, 0.6) is 0 Å². The molecule has 0 fully saturated rings. The zero-order valence-corrected chi connectivity index (χ0v) is 8.61. The molecule has 78 valence electrons. The number of rotatable bonds is 6. The van der Waals surface area contributed by atoms with Crippen molar-refractivity contribution in [3.8, 4) is 0 Å². The SMILES string of the molecule is CCNS(=O)(=O)NCC(C)C(=N)N. The Hall–Kier alpha value is -0.660. The molecule has 0 amide bonds. The molecule has 6 nitrogen and oxygen atoms in total. The second-order valence-corrected chi connectivity index (χ2v) is 4.29. The van der Waals surface area contributed by atoms with Gasteiger partial charge >= 0.3 is 0 Å². The Morgan fingerprint density at radius 3 is 2.46 bits per heavy atom. The van der Waals surface area contributed by atoms with Gasteiger partial charge in [-0.1, -0.05) is 13.8 Å². The van der Waals surface area contributed by atoms with Gasteiger partial charge in [-0.15, -0.1) is 0 Å². The quantitative estimate of drug-likeness (QED) is 0.332. The van der Waals surface area contributed by atoms with Crippen LogP contribution in [0.3, 0.4) is 0 Å². The van der Waals surface area contributed by atoms with Gasteiger partial charge in [-0.2, -0.15) is 8.42 Å². The summed E-state index contributed by atoms with van der Waals surface area (Å²) in [6.07, 6.45) is 0. The highest BCUT2D eigenvalue weighted by molar-refractivity contribution is 7.87. The zero-order chi connectivity index (χ0) is 10.5. The summed E-state index contributed by atoms with van der Waals surface area (Å²) < 4.78 is 26.6. The smallest absolute Gasteiger partial charge is 0.276 e.